The number of alkyl halides is 3. The molecule has 2 rings (SSSR count). The van der Waals surface area contributed by atoms with Crippen molar-refractivity contribution < 1.29 is 22.0 Å². The first-order valence-electron chi connectivity index (χ1n) is 5.97. The summed E-state index contributed by atoms with van der Waals surface area (Å²) in [6.07, 6.45) is -4.92. The van der Waals surface area contributed by atoms with E-state index in [1.165, 1.54) is 0 Å². The van der Waals surface area contributed by atoms with Crippen LogP contribution in [-0.2, 0) is 12.7 Å². The van der Waals surface area contributed by atoms with Gasteiger partial charge in [0.25, 0.3) is 0 Å². The minimum atomic E-state index is -4.92. The van der Waals surface area contributed by atoms with Crippen LogP contribution in [0.15, 0.2) is 42.5 Å². The molecule has 2 aromatic carbocycles. The zero-order valence-corrected chi connectivity index (χ0v) is 10.6. The highest BCUT2D eigenvalue weighted by atomic mass is 19.4. The largest absolute Gasteiger partial charge is 0.419 e. The highest BCUT2D eigenvalue weighted by molar-refractivity contribution is 5.41. The molecule has 0 radical (unpaired) electrons. The summed E-state index contributed by atoms with van der Waals surface area (Å²) in [7, 11) is 0. The van der Waals surface area contributed by atoms with Gasteiger partial charge in [-0.05, 0) is 18.2 Å². The van der Waals surface area contributed by atoms with Crippen molar-refractivity contribution in [3.05, 3.63) is 65.2 Å². The van der Waals surface area contributed by atoms with Crippen LogP contribution < -0.4 is 10.9 Å². The van der Waals surface area contributed by atoms with Gasteiger partial charge in [0.1, 0.15) is 0 Å². The van der Waals surface area contributed by atoms with Crippen LogP contribution in [0, 0.1) is 11.6 Å². The predicted molar refractivity (Wildman–Crippen MR) is 68.3 cm³/mol. The molecule has 2 aromatic rings. The van der Waals surface area contributed by atoms with Crippen molar-refractivity contribution in [3.63, 3.8) is 0 Å². The van der Waals surface area contributed by atoms with E-state index in [0.717, 1.165) is 6.07 Å². The molecule has 0 aliphatic heterocycles. The van der Waals surface area contributed by atoms with Crippen molar-refractivity contribution in [2.45, 2.75) is 12.7 Å². The van der Waals surface area contributed by atoms with Crippen molar-refractivity contribution in [2.24, 2.45) is 0 Å². The third-order valence-electron chi connectivity index (χ3n) is 2.75. The first-order valence-corrected chi connectivity index (χ1v) is 5.97. The number of benzene rings is 2. The lowest BCUT2D eigenvalue weighted by Gasteiger charge is -2.12. The molecule has 0 unspecified atom stereocenters. The Kier molecular flexibility index (Phi) is 4.42. The Morgan fingerprint density at radius 1 is 0.857 bits per heavy atom. The average molecular weight is 302 g/mol. The van der Waals surface area contributed by atoms with E-state index >= 15 is 0 Å². The van der Waals surface area contributed by atoms with Gasteiger partial charge in [0, 0.05) is 17.8 Å². The summed E-state index contributed by atoms with van der Waals surface area (Å²) in [6, 6.07) is 10.2. The van der Waals surface area contributed by atoms with Gasteiger partial charge in [-0.1, -0.05) is 24.3 Å². The fourth-order valence-electron chi connectivity index (χ4n) is 1.71. The lowest BCUT2D eigenvalue weighted by atomic mass is 10.1. The van der Waals surface area contributed by atoms with Crippen molar-refractivity contribution >= 4 is 5.69 Å². The van der Waals surface area contributed by atoms with Crippen molar-refractivity contribution in [1.82, 2.24) is 5.43 Å². The molecule has 0 saturated heterocycles. The van der Waals surface area contributed by atoms with Crippen LogP contribution in [0.3, 0.4) is 0 Å². The second-order valence-corrected chi connectivity index (χ2v) is 4.24. The van der Waals surface area contributed by atoms with Crippen LogP contribution in [0.2, 0.25) is 0 Å². The van der Waals surface area contributed by atoms with Gasteiger partial charge in [0.15, 0.2) is 11.6 Å². The van der Waals surface area contributed by atoms with Gasteiger partial charge < -0.3 is 5.43 Å². The molecule has 2 nitrogen and oxygen atoms in total. The van der Waals surface area contributed by atoms with Gasteiger partial charge in [0.05, 0.1) is 5.56 Å². The maximum Gasteiger partial charge on any atom is 0.419 e. The zero-order chi connectivity index (χ0) is 15.5. The fourth-order valence-corrected chi connectivity index (χ4v) is 1.71. The van der Waals surface area contributed by atoms with Gasteiger partial charge in [0.2, 0.25) is 0 Å². The maximum atomic E-state index is 13.6. The number of para-hydroxylation sites is 1. The SMILES string of the molecule is Fc1c(CNNc2ccccc2)ccc(C(F)(F)F)c1F. The Balaban J connectivity index is 2.06. The molecule has 0 atom stereocenters. The van der Waals surface area contributed by atoms with Crippen LogP contribution in [0.25, 0.3) is 0 Å². The molecule has 0 fully saturated rings. The Morgan fingerprint density at radius 2 is 1.52 bits per heavy atom. The van der Waals surface area contributed by atoms with Crippen LogP contribution >= 0.6 is 0 Å². The van der Waals surface area contributed by atoms with E-state index in [1.54, 1.807) is 30.3 Å². The third kappa shape index (κ3) is 3.69. The second kappa shape index (κ2) is 6.09. The number of hydrogen-bond donors (Lipinski definition) is 2. The van der Waals surface area contributed by atoms with Gasteiger partial charge in [-0.3, -0.25) is 0 Å². The Morgan fingerprint density at radius 3 is 2.14 bits per heavy atom. The molecule has 112 valence electrons. The number of hydrogen-bond acceptors (Lipinski definition) is 2. The molecule has 0 aromatic heterocycles. The predicted octanol–water partition coefficient (Wildman–Crippen LogP) is 4.10. The van der Waals surface area contributed by atoms with Gasteiger partial charge in [-0.15, -0.1) is 0 Å². The summed E-state index contributed by atoms with van der Waals surface area (Å²) in [6.45, 7) is -0.171. The topological polar surface area (TPSA) is 24.1 Å². The first-order chi connectivity index (χ1) is 9.89. The average Bonchev–Trinajstić information content (AvgIpc) is 2.43. The minimum Gasteiger partial charge on any atom is -0.321 e. The summed E-state index contributed by atoms with van der Waals surface area (Å²) in [5.41, 5.74) is 4.20. The minimum absolute atomic E-state index is 0.171. The summed E-state index contributed by atoms with van der Waals surface area (Å²) in [5.74, 6) is -3.39. The van der Waals surface area contributed by atoms with Gasteiger partial charge >= 0.3 is 6.18 Å². The number of rotatable bonds is 4. The molecule has 0 heterocycles. The normalized spacial score (nSPS) is 11.5. The van der Waals surface area contributed by atoms with E-state index in [4.69, 9.17) is 0 Å². The standard InChI is InChI=1S/C14H11F5N2/c15-12-9(6-7-11(13(12)16)14(17,18)19)8-20-21-10-4-2-1-3-5-10/h1-7,20-21H,8H2. The number of nitrogens with one attached hydrogen (secondary N) is 2. The van der Waals surface area contributed by atoms with E-state index < -0.39 is 23.4 Å². The van der Waals surface area contributed by atoms with Crippen LogP contribution in [0.5, 0.6) is 0 Å². The molecule has 0 spiro atoms. The molecule has 0 aliphatic rings. The molecule has 0 amide bonds. The van der Waals surface area contributed by atoms with E-state index in [2.05, 4.69) is 10.9 Å². The van der Waals surface area contributed by atoms with Crippen molar-refractivity contribution in [1.29, 1.82) is 0 Å². The molecule has 0 saturated carbocycles. The smallest absolute Gasteiger partial charge is 0.321 e. The van der Waals surface area contributed by atoms with E-state index in [9.17, 15) is 22.0 Å². The van der Waals surface area contributed by atoms with Gasteiger partial charge in [-0.25, -0.2) is 14.2 Å². The number of halogens is 5. The Hall–Kier alpha value is -2.15. The fraction of sp³-hybridized carbons (Fsp3) is 0.143. The van der Waals surface area contributed by atoms with E-state index in [0.29, 0.717) is 11.8 Å². The third-order valence-corrected chi connectivity index (χ3v) is 2.75. The number of anilines is 1. The summed E-state index contributed by atoms with van der Waals surface area (Å²) in [5, 5.41) is 0. The maximum absolute atomic E-state index is 13.6. The Labute approximate surface area is 117 Å². The molecule has 0 bridgehead atoms. The quantitative estimate of drug-likeness (QED) is 0.656. The summed E-state index contributed by atoms with van der Waals surface area (Å²) in [4.78, 5) is 0. The molecular formula is C14H11F5N2. The van der Waals surface area contributed by atoms with Crippen molar-refractivity contribution in [3.8, 4) is 0 Å². The monoisotopic (exact) mass is 302 g/mol. The molecule has 0 aliphatic carbocycles. The van der Waals surface area contributed by atoms with E-state index in [1.807, 2.05) is 0 Å². The number of hydrazine groups is 1. The second-order valence-electron chi connectivity index (χ2n) is 4.24. The first kappa shape index (κ1) is 15.2. The molecule has 21 heavy (non-hydrogen) atoms. The highest BCUT2D eigenvalue weighted by Gasteiger charge is 2.35. The zero-order valence-electron chi connectivity index (χ0n) is 10.6. The van der Waals surface area contributed by atoms with Crippen molar-refractivity contribution in [2.75, 3.05) is 5.43 Å². The van der Waals surface area contributed by atoms with Crippen LogP contribution in [-0.4, -0.2) is 0 Å². The highest BCUT2D eigenvalue weighted by Crippen LogP contribution is 2.32. The molecule has 7 heteroatoms. The van der Waals surface area contributed by atoms with Gasteiger partial charge in [-0.2, -0.15) is 13.2 Å². The van der Waals surface area contributed by atoms with Crippen LogP contribution in [0.1, 0.15) is 11.1 Å². The summed E-state index contributed by atoms with van der Waals surface area (Å²) < 4.78 is 64.1. The van der Waals surface area contributed by atoms with Crippen LogP contribution in [0.4, 0.5) is 27.6 Å². The van der Waals surface area contributed by atoms with E-state index in [-0.39, 0.29) is 12.1 Å². The molecular weight excluding hydrogens is 291 g/mol. The molecule has 2 N–H and O–H groups in total. The lowest BCUT2D eigenvalue weighted by molar-refractivity contribution is -0.140. The Bertz CT molecular complexity index is 611. The lowest BCUT2D eigenvalue weighted by Crippen LogP contribution is -2.22. The summed E-state index contributed by atoms with van der Waals surface area (Å²) >= 11 is 0.